The van der Waals surface area contributed by atoms with Gasteiger partial charge in [-0.25, -0.2) is 0 Å². The van der Waals surface area contributed by atoms with Gasteiger partial charge in [0.25, 0.3) is 11.6 Å². The van der Waals surface area contributed by atoms with Gasteiger partial charge in [0.05, 0.1) is 11.0 Å². The van der Waals surface area contributed by atoms with Crippen LogP contribution in [0.5, 0.6) is 0 Å². The number of hydrogen-bond acceptors (Lipinski definition) is 5. The molecule has 1 aromatic carbocycles. The van der Waals surface area contributed by atoms with Gasteiger partial charge in [0.15, 0.2) is 0 Å². The molecule has 0 saturated carbocycles. The number of nitro groups is 1. The van der Waals surface area contributed by atoms with Crippen LogP contribution >= 0.6 is 0 Å². The van der Waals surface area contributed by atoms with Crippen LogP contribution in [0.4, 0.5) is 11.4 Å². The zero-order chi connectivity index (χ0) is 18.8. The first-order valence-electron chi connectivity index (χ1n) is 9.45. The molecule has 1 aromatic heterocycles. The maximum absolute atomic E-state index is 12.8. The number of aromatic nitrogens is 2. The predicted octanol–water partition coefficient (Wildman–Crippen LogP) is 2.87. The number of amides is 1. The van der Waals surface area contributed by atoms with Gasteiger partial charge in [0, 0.05) is 50.3 Å². The van der Waals surface area contributed by atoms with Gasteiger partial charge in [-0.05, 0) is 43.9 Å². The lowest BCUT2D eigenvalue weighted by molar-refractivity contribution is -0.385. The number of nitro benzene ring substituents is 1. The maximum atomic E-state index is 12.8. The summed E-state index contributed by atoms with van der Waals surface area (Å²) >= 11 is 0. The number of anilines is 1. The van der Waals surface area contributed by atoms with Crippen molar-refractivity contribution in [1.82, 2.24) is 14.7 Å². The van der Waals surface area contributed by atoms with Crippen LogP contribution in [0.2, 0.25) is 0 Å². The van der Waals surface area contributed by atoms with Crippen molar-refractivity contribution in [2.24, 2.45) is 0 Å². The Labute approximate surface area is 157 Å². The summed E-state index contributed by atoms with van der Waals surface area (Å²) < 4.78 is 2.00. The first-order valence-corrected chi connectivity index (χ1v) is 9.45. The Balaban J connectivity index is 1.54. The fourth-order valence-corrected chi connectivity index (χ4v) is 4.03. The SMILES string of the molecule is O=C(c1cc(N2CCC(n3cccn3)CC2)ccc1[N+](=O)[O-])N1CCCC1. The van der Waals surface area contributed by atoms with Crippen LogP contribution < -0.4 is 4.90 Å². The maximum Gasteiger partial charge on any atom is 0.282 e. The zero-order valence-corrected chi connectivity index (χ0v) is 15.2. The molecule has 0 unspecified atom stereocenters. The lowest BCUT2D eigenvalue weighted by atomic mass is 10.0. The summed E-state index contributed by atoms with van der Waals surface area (Å²) in [5, 5.41) is 15.7. The third kappa shape index (κ3) is 3.51. The van der Waals surface area contributed by atoms with Crippen molar-refractivity contribution >= 4 is 17.3 Å². The number of carbonyl (C=O) groups excluding carboxylic acids is 1. The van der Waals surface area contributed by atoms with Gasteiger partial charge in [-0.15, -0.1) is 0 Å². The summed E-state index contributed by atoms with van der Waals surface area (Å²) in [6, 6.07) is 7.23. The van der Waals surface area contributed by atoms with Gasteiger partial charge in [0.1, 0.15) is 5.56 Å². The van der Waals surface area contributed by atoms with E-state index in [-0.39, 0.29) is 17.2 Å². The highest BCUT2D eigenvalue weighted by Gasteiger charge is 2.28. The van der Waals surface area contributed by atoms with Crippen LogP contribution in [0.15, 0.2) is 36.7 Å². The van der Waals surface area contributed by atoms with Crippen LogP contribution in [-0.2, 0) is 0 Å². The summed E-state index contributed by atoms with van der Waals surface area (Å²) in [5.74, 6) is -0.229. The van der Waals surface area contributed by atoms with Gasteiger partial charge in [0.2, 0.25) is 0 Å². The van der Waals surface area contributed by atoms with E-state index in [0.29, 0.717) is 19.1 Å². The quantitative estimate of drug-likeness (QED) is 0.611. The van der Waals surface area contributed by atoms with Gasteiger partial charge >= 0.3 is 0 Å². The highest BCUT2D eigenvalue weighted by Crippen LogP contribution is 2.31. The molecule has 0 spiro atoms. The van der Waals surface area contributed by atoms with Crippen molar-refractivity contribution < 1.29 is 9.72 Å². The number of piperidine rings is 1. The Hall–Kier alpha value is -2.90. The Bertz CT molecular complexity index is 822. The molecule has 8 nitrogen and oxygen atoms in total. The molecule has 8 heteroatoms. The van der Waals surface area contributed by atoms with E-state index in [1.54, 1.807) is 23.2 Å². The van der Waals surface area contributed by atoms with Crippen LogP contribution in [0.25, 0.3) is 0 Å². The van der Waals surface area contributed by atoms with Crippen molar-refractivity contribution in [2.75, 3.05) is 31.1 Å². The van der Waals surface area contributed by atoms with E-state index < -0.39 is 4.92 Å². The second-order valence-electron chi connectivity index (χ2n) is 7.16. The van der Waals surface area contributed by atoms with Crippen LogP contribution in [0.1, 0.15) is 42.1 Å². The molecule has 0 atom stereocenters. The fourth-order valence-electron chi connectivity index (χ4n) is 4.03. The summed E-state index contributed by atoms with van der Waals surface area (Å²) in [5.41, 5.74) is 0.970. The molecule has 2 saturated heterocycles. The number of benzene rings is 1. The molecule has 0 bridgehead atoms. The molecule has 4 rings (SSSR count). The van der Waals surface area contributed by atoms with Crippen molar-refractivity contribution in [3.05, 3.63) is 52.3 Å². The lowest BCUT2D eigenvalue weighted by Gasteiger charge is -2.34. The standard InChI is InChI=1S/C19H23N5O3/c25-19(22-9-1-2-10-22)17-14-16(4-5-18(17)24(26)27)21-12-6-15(7-13-21)23-11-3-8-20-23/h3-5,8,11,14-15H,1-2,6-7,9-10,12-13H2. The van der Waals surface area contributed by atoms with E-state index in [9.17, 15) is 14.9 Å². The van der Waals surface area contributed by atoms with Gasteiger partial charge in [-0.3, -0.25) is 19.6 Å². The van der Waals surface area contributed by atoms with E-state index >= 15 is 0 Å². The van der Waals surface area contributed by atoms with Crippen molar-refractivity contribution in [1.29, 1.82) is 0 Å². The average molecular weight is 369 g/mol. The highest BCUT2D eigenvalue weighted by molar-refractivity contribution is 5.99. The Kier molecular flexibility index (Phi) is 4.79. The molecule has 2 fully saturated rings. The molecule has 0 aliphatic carbocycles. The highest BCUT2D eigenvalue weighted by atomic mass is 16.6. The molecule has 2 aromatic rings. The molecule has 0 radical (unpaired) electrons. The molecule has 27 heavy (non-hydrogen) atoms. The summed E-state index contributed by atoms with van der Waals surface area (Å²) in [6.45, 7) is 3.02. The number of hydrogen-bond donors (Lipinski definition) is 0. The van der Waals surface area contributed by atoms with E-state index in [1.165, 1.54) is 6.07 Å². The molecular weight excluding hydrogens is 346 g/mol. The molecule has 2 aliphatic heterocycles. The number of nitrogens with zero attached hydrogens (tertiary/aromatic N) is 5. The Morgan fingerprint density at radius 1 is 1.15 bits per heavy atom. The smallest absolute Gasteiger partial charge is 0.282 e. The summed E-state index contributed by atoms with van der Waals surface area (Å²) in [7, 11) is 0. The third-order valence-electron chi connectivity index (χ3n) is 5.53. The molecule has 0 N–H and O–H groups in total. The first-order chi connectivity index (χ1) is 13.1. The minimum absolute atomic E-state index is 0.109. The van der Waals surface area contributed by atoms with E-state index in [1.807, 2.05) is 16.9 Å². The minimum Gasteiger partial charge on any atom is -0.371 e. The fraction of sp³-hybridized carbons (Fsp3) is 0.474. The van der Waals surface area contributed by atoms with Gasteiger partial charge in [-0.1, -0.05) is 0 Å². The number of likely N-dealkylation sites (tertiary alicyclic amines) is 1. The zero-order valence-electron chi connectivity index (χ0n) is 15.2. The van der Waals surface area contributed by atoms with Crippen LogP contribution in [0, 0.1) is 10.1 Å². The Morgan fingerprint density at radius 3 is 2.52 bits per heavy atom. The summed E-state index contributed by atoms with van der Waals surface area (Å²) in [6.07, 6.45) is 7.60. The minimum atomic E-state index is -0.461. The Morgan fingerprint density at radius 2 is 1.89 bits per heavy atom. The van der Waals surface area contributed by atoms with Crippen LogP contribution in [-0.4, -0.2) is 51.7 Å². The van der Waals surface area contributed by atoms with Crippen LogP contribution in [0.3, 0.4) is 0 Å². The lowest BCUT2D eigenvalue weighted by Crippen LogP contribution is -2.35. The molecule has 142 valence electrons. The predicted molar refractivity (Wildman–Crippen MR) is 101 cm³/mol. The topological polar surface area (TPSA) is 84.5 Å². The second-order valence-corrected chi connectivity index (χ2v) is 7.16. The number of carbonyl (C=O) groups is 1. The molecular formula is C19H23N5O3. The van der Waals surface area contributed by atoms with E-state index in [0.717, 1.165) is 44.5 Å². The van der Waals surface area contributed by atoms with Gasteiger partial charge in [-0.2, -0.15) is 5.10 Å². The monoisotopic (exact) mass is 369 g/mol. The third-order valence-corrected chi connectivity index (χ3v) is 5.53. The first kappa shape index (κ1) is 17.5. The normalized spacial score (nSPS) is 18.1. The second kappa shape index (κ2) is 7.38. The van der Waals surface area contributed by atoms with E-state index in [4.69, 9.17) is 0 Å². The number of rotatable bonds is 4. The van der Waals surface area contributed by atoms with Crippen molar-refractivity contribution in [3.63, 3.8) is 0 Å². The largest absolute Gasteiger partial charge is 0.371 e. The van der Waals surface area contributed by atoms with Crippen molar-refractivity contribution in [3.8, 4) is 0 Å². The average Bonchev–Trinajstić information content (AvgIpc) is 3.41. The summed E-state index contributed by atoms with van der Waals surface area (Å²) in [4.78, 5) is 27.7. The molecule has 3 heterocycles. The molecule has 1 amide bonds. The van der Waals surface area contributed by atoms with Gasteiger partial charge < -0.3 is 9.80 Å². The molecule has 2 aliphatic rings. The van der Waals surface area contributed by atoms with Crippen molar-refractivity contribution in [2.45, 2.75) is 31.7 Å². The van der Waals surface area contributed by atoms with E-state index in [2.05, 4.69) is 10.00 Å².